The third-order valence-corrected chi connectivity index (χ3v) is 5.06. The van der Waals surface area contributed by atoms with Crippen molar-refractivity contribution in [3.63, 3.8) is 0 Å². The van der Waals surface area contributed by atoms with E-state index in [0.29, 0.717) is 5.56 Å². The van der Waals surface area contributed by atoms with Crippen molar-refractivity contribution in [2.24, 2.45) is 4.99 Å². The van der Waals surface area contributed by atoms with Gasteiger partial charge in [0.1, 0.15) is 10.6 Å². The van der Waals surface area contributed by atoms with E-state index < -0.39 is 15.0 Å². The van der Waals surface area contributed by atoms with Gasteiger partial charge in [-0.2, -0.15) is 8.42 Å². The molecule has 0 saturated heterocycles. The molecule has 0 radical (unpaired) electrons. The number of hydrogen-bond donors (Lipinski definition) is 0. The summed E-state index contributed by atoms with van der Waals surface area (Å²) in [7, 11) is -4.02. The Morgan fingerprint density at radius 2 is 1.71 bits per heavy atom. The lowest BCUT2D eigenvalue weighted by molar-refractivity contribution is -0.384. The molecule has 0 unspecified atom stereocenters. The van der Waals surface area contributed by atoms with E-state index in [1.165, 1.54) is 36.5 Å². The number of nitro benzene ring substituents is 1. The van der Waals surface area contributed by atoms with E-state index in [1.54, 1.807) is 42.5 Å². The molecule has 142 valence electrons. The van der Waals surface area contributed by atoms with Crippen LogP contribution in [0.25, 0.3) is 0 Å². The first kappa shape index (κ1) is 19.2. The molecule has 0 bridgehead atoms. The van der Waals surface area contributed by atoms with E-state index in [4.69, 9.17) is 4.18 Å². The van der Waals surface area contributed by atoms with Crippen molar-refractivity contribution in [1.29, 1.82) is 0 Å². The molecule has 7 nitrogen and oxygen atoms in total. The highest BCUT2D eigenvalue weighted by atomic mass is 32.2. The second-order valence-corrected chi connectivity index (χ2v) is 7.47. The summed E-state index contributed by atoms with van der Waals surface area (Å²) in [5.74, 6) is 0.0600. The fraction of sp³-hybridized carbons (Fsp3) is 0.0500. The molecule has 0 atom stereocenters. The predicted molar refractivity (Wildman–Crippen MR) is 106 cm³/mol. The summed E-state index contributed by atoms with van der Waals surface area (Å²) in [6.45, 7) is 1.86. The Morgan fingerprint density at radius 1 is 1.00 bits per heavy atom. The molecule has 0 aromatic heterocycles. The van der Waals surface area contributed by atoms with Crippen molar-refractivity contribution in [3.8, 4) is 5.75 Å². The second kappa shape index (κ2) is 8.01. The Labute approximate surface area is 162 Å². The maximum atomic E-state index is 12.5. The first-order valence-electron chi connectivity index (χ1n) is 8.24. The van der Waals surface area contributed by atoms with Crippen LogP contribution in [0.5, 0.6) is 5.75 Å². The van der Waals surface area contributed by atoms with E-state index in [0.717, 1.165) is 5.56 Å². The Bertz CT molecular complexity index is 1140. The molecular formula is C20H16N2O5S. The number of rotatable bonds is 6. The average molecular weight is 396 g/mol. The van der Waals surface area contributed by atoms with Crippen molar-refractivity contribution < 1.29 is 17.5 Å². The standard InChI is InChI=1S/C20H16N2O5S/c1-15-9-11-18(12-10-15)28(25,26)27-20-8-3-2-7-19(20)21-14-16-5-4-6-17(13-16)22(23)24/h2-14H,1H3. The highest BCUT2D eigenvalue weighted by Gasteiger charge is 2.18. The van der Waals surface area contributed by atoms with Crippen LogP contribution in [0.2, 0.25) is 0 Å². The van der Waals surface area contributed by atoms with Crippen LogP contribution in [0.3, 0.4) is 0 Å². The Hall–Kier alpha value is -3.52. The summed E-state index contributed by atoms with van der Waals surface area (Å²) in [4.78, 5) is 14.6. The highest BCUT2D eigenvalue weighted by Crippen LogP contribution is 2.30. The summed E-state index contributed by atoms with van der Waals surface area (Å²) in [5.41, 5.74) is 1.66. The quantitative estimate of drug-likeness (QED) is 0.266. The van der Waals surface area contributed by atoms with Crippen molar-refractivity contribution >= 4 is 27.7 Å². The molecule has 0 fully saturated rings. The molecule has 0 aliphatic heterocycles. The monoisotopic (exact) mass is 396 g/mol. The van der Waals surface area contributed by atoms with Gasteiger partial charge in [0.2, 0.25) is 0 Å². The topological polar surface area (TPSA) is 98.9 Å². The fourth-order valence-electron chi connectivity index (χ4n) is 2.37. The molecule has 0 aliphatic rings. The van der Waals surface area contributed by atoms with E-state index in [9.17, 15) is 18.5 Å². The first-order chi connectivity index (χ1) is 13.3. The van der Waals surface area contributed by atoms with Crippen LogP contribution in [-0.2, 0) is 10.1 Å². The van der Waals surface area contributed by atoms with Crippen molar-refractivity contribution in [2.75, 3.05) is 0 Å². The van der Waals surface area contributed by atoms with Gasteiger partial charge in [-0.15, -0.1) is 0 Å². The van der Waals surface area contributed by atoms with E-state index in [-0.39, 0.29) is 22.0 Å². The van der Waals surface area contributed by atoms with Gasteiger partial charge < -0.3 is 4.18 Å². The molecule has 28 heavy (non-hydrogen) atoms. The third kappa shape index (κ3) is 4.60. The van der Waals surface area contributed by atoms with Crippen LogP contribution in [-0.4, -0.2) is 19.6 Å². The molecule has 3 rings (SSSR count). The van der Waals surface area contributed by atoms with Crippen LogP contribution in [0, 0.1) is 17.0 Å². The molecule has 0 saturated carbocycles. The number of nitro groups is 1. The van der Waals surface area contributed by atoms with Crippen molar-refractivity contribution in [2.45, 2.75) is 11.8 Å². The lowest BCUT2D eigenvalue weighted by Crippen LogP contribution is -2.09. The smallest absolute Gasteiger partial charge is 0.339 e. The zero-order chi connectivity index (χ0) is 20.1. The molecule has 0 N–H and O–H groups in total. The van der Waals surface area contributed by atoms with E-state index >= 15 is 0 Å². The minimum absolute atomic E-state index is 0.0376. The number of nitrogens with zero attached hydrogens (tertiary/aromatic N) is 2. The molecule has 0 heterocycles. The number of benzene rings is 3. The predicted octanol–water partition coefficient (Wildman–Crippen LogP) is 4.42. The van der Waals surface area contributed by atoms with Crippen LogP contribution in [0.1, 0.15) is 11.1 Å². The summed E-state index contributed by atoms with van der Waals surface area (Å²) in [5, 5.41) is 10.9. The SMILES string of the molecule is Cc1ccc(S(=O)(=O)Oc2ccccc2N=Cc2cccc([N+](=O)[O-])c2)cc1. The Balaban J connectivity index is 1.88. The lowest BCUT2D eigenvalue weighted by atomic mass is 10.2. The van der Waals surface area contributed by atoms with Crippen LogP contribution >= 0.6 is 0 Å². The Kier molecular flexibility index (Phi) is 5.51. The van der Waals surface area contributed by atoms with E-state index in [2.05, 4.69) is 4.99 Å². The Morgan fingerprint density at radius 3 is 2.43 bits per heavy atom. The van der Waals surface area contributed by atoms with Gasteiger partial charge in [-0.25, -0.2) is 0 Å². The first-order valence-corrected chi connectivity index (χ1v) is 9.65. The number of hydrogen-bond acceptors (Lipinski definition) is 6. The van der Waals surface area contributed by atoms with Gasteiger partial charge in [-0.1, -0.05) is 42.0 Å². The number of para-hydroxylation sites is 2. The number of non-ortho nitro benzene ring substituents is 1. The van der Waals surface area contributed by atoms with Crippen LogP contribution in [0.15, 0.2) is 82.7 Å². The van der Waals surface area contributed by atoms with Gasteiger partial charge in [0.05, 0.1) is 4.92 Å². The van der Waals surface area contributed by atoms with Gasteiger partial charge in [0.25, 0.3) is 5.69 Å². The lowest BCUT2D eigenvalue weighted by Gasteiger charge is -2.09. The minimum atomic E-state index is -4.02. The third-order valence-electron chi connectivity index (χ3n) is 3.81. The maximum absolute atomic E-state index is 12.5. The van der Waals surface area contributed by atoms with Gasteiger partial charge in [-0.3, -0.25) is 15.1 Å². The normalized spacial score (nSPS) is 11.5. The van der Waals surface area contributed by atoms with Crippen molar-refractivity contribution in [3.05, 3.63) is 94.0 Å². The summed E-state index contributed by atoms with van der Waals surface area (Å²) >= 11 is 0. The number of aliphatic imine (C=N–C) groups is 1. The molecule has 3 aromatic carbocycles. The summed E-state index contributed by atoms with van der Waals surface area (Å²) < 4.78 is 30.3. The maximum Gasteiger partial charge on any atom is 0.339 e. The molecule has 0 spiro atoms. The molecule has 0 amide bonds. The molecule has 8 heteroatoms. The zero-order valence-electron chi connectivity index (χ0n) is 14.8. The largest absolute Gasteiger partial charge is 0.377 e. The van der Waals surface area contributed by atoms with Crippen LogP contribution < -0.4 is 4.18 Å². The highest BCUT2D eigenvalue weighted by molar-refractivity contribution is 7.87. The molecular weight excluding hydrogens is 380 g/mol. The van der Waals surface area contributed by atoms with Crippen LogP contribution in [0.4, 0.5) is 11.4 Å². The summed E-state index contributed by atoms with van der Waals surface area (Å²) in [6, 6.07) is 18.7. The zero-order valence-corrected chi connectivity index (χ0v) is 15.7. The molecule has 0 aliphatic carbocycles. The van der Waals surface area contributed by atoms with Gasteiger partial charge in [-0.05, 0) is 36.8 Å². The van der Waals surface area contributed by atoms with Gasteiger partial charge in [0, 0.05) is 18.3 Å². The van der Waals surface area contributed by atoms with E-state index in [1.807, 2.05) is 6.92 Å². The van der Waals surface area contributed by atoms with Gasteiger partial charge >= 0.3 is 10.1 Å². The van der Waals surface area contributed by atoms with Crippen molar-refractivity contribution in [1.82, 2.24) is 0 Å². The number of aryl methyl sites for hydroxylation is 1. The summed E-state index contributed by atoms with van der Waals surface area (Å²) in [6.07, 6.45) is 1.41. The fourth-order valence-corrected chi connectivity index (χ4v) is 3.31. The van der Waals surface area contributed by atoms with Gasteiger partial charge in [0.15, 0.2) is 5.75 Å². The minimum Gasteiger partial charge on any atom is -0.377 e. The average Bonchev–Trinajstić information content (AvgIpc) is 2.67. The second-order valence-electron chi connectivity index (χ2n) is 5.93. The molecule has 3 aromatic rings.